The molecule has 1 saturated heterocycles. The molecule has 2 aliphatic heterocycles. The number of rotatable bonds is 10. The number of carbonyl (C=O) groups is 2. The van der Waals surface area contributed by atoms with Gasteiger partial charge >= 0.3 is 24.4 Å². The number of aromatic nitrogens is 1. The summed E-state index contributed by atoms with van der Waals surface area (Å²) in [5, 5.41) is 9.03. The molecule has 2 aliphatic rings. The molecule has 0 aliphatic carbocycles. The third-order valence-corrected chi connectivity index (χ3v) is 8.70. The molecule has 1 N–H and O–H groups in total. The van der Waals surface area contributed by atoms with Gasteiger partial charge in [0.15, 0.2) is 0 Å². The van der Waals surface area contributed by atoms with Crippen LogP contribution in [0.4, 0.5) is 48.3 Å². The maximum atomic E-state index is 13.9. The predicted octanol–water partition coefficient (Wildman–Crippen LogP) is 7.31. The summed E-state index contributed by atoms with van der Waals surface area (Å²) in [6, 6.07) is 8.51. The van der Waals surface area contributed by atoms with Crippen LogP contribution >= 0.6 is 0 Å². The zero-order chi connectivity index (χ0) is 36.2. The summed E-state index contributed by atoms with van der Waals surface area (Å²) in [6.45, 7) is 3.29. The minimum atomic E-state index is -5.04. The van der Waals surface area contributed by atoms with Crippen LogP contribution in [-0.2, 0) is 33.2 Å². The molecule has 2 aromatic carbocycles. The van der Waals surface area contributed by atoms with Gasteiger partial charge in [0.2, 0.25) is 0 Å². The zero-order valence-electron chi connectivity index (χ0n) is 27.3. The van der Waals surface area contributed by atoms with Gasteiger partial charge in [-0.1, -0.05) is 6.92 Å². The number of alkyl halides is 6. The number of fused-ring (bicyclic) bond motifs is 1. The minimum absolute atomic E-state index is 0.0882. The third kappa shape index (κ3) is 8.34. The number of carbonyl (C=O) groups excluding carboxylic acids is 1. The van der Waals surface area contributed by atoms with E-state index in [1.165, 1.54) is 12.0 Å². The van der Waals surface area contributed by atoms with Gasteiger partial charge in [-0.25, -0.2) is 9.78 Å². The molecule has 0 unspecified atom stereocenters. The van der Waals surface area contributed by atoms with E-state index >= 15 is 0 Å². The zero-order valence-corrected chi connectivity index (χ0v) is 27.3. The highest BCUT2D eigenvalue weighted by atomic mass is 19.4. The number of amides is 1. The summed E-state index contributed by atoms with van der Waals surface area (Å²) in [5.74, 6) is -0.490. The van der Waals surface area contributed by atoms with Crippen molar-refractivity contribution in [3.05, 3.63) is 77.0 Å². The molecule has 1 amide bonds. The number of hydrogen-bond donors (Lipinski definition) is 1. The molecule has 3 heterocycles. The summed E-state index contributed by atoms with van der Waals surface area (Å²) in [5.41, 5.74) is -1.52. The quantitative estimate of drug-likeness (QED) is 0.217. The van der Waals surface area contributed by atoms with Gasteiger partial charge in [0.1, 0.15) is 18.2 Å². The van der Waals surface area contributed by atoms with Crippen LogP contribution in [0.15, 0.2) is 54.7 Å². The van der Waals surface area contributed by atoms with Crippen molar-refractivity contribution in [1.82, 2.24) is 4.98 Å². The topological polar surface area (TPSA) is 105 Å². The number of aliphatic carboxylic acids is 1. The van der Waals surface area contributed by atoms with E-state index in [-0.39, 0.29) is 30.5 Å². The maximum Gasteiger partial charge on any atom is 0.416 e. The Kier molecular flexibility index (Phi) is 11.0. The number of carboxylic acids is 1. The molecular weight excluding hydrogens is 674 g/mol. The minimum Gasteiger partial charge on any atom is -0.497 e. The Labute approximate surface area is 284 Å². The summed E-state index contributed by atoms with van der Waals surface area (Å²) in [7, 11) is 1.43. The van der Waals surface area contributed by atoms with Crippen LogP contribution in [0, 0.1) is 0 Å². The van der Waals surface area contributed by atoms with Crippen LogP contribution in [0.3, 0.4) is 0 Å². The number of anilines is 3. The fourth-order valence-corrected chi connectivity index (χ4v) is 6.23. The summed E-state index contributed by atoms with van der Waals surface area (Å²) in [6.07, 6.45) is -9.14. The van der Waals surface area contributed by atoms with E-state index in [1.807, 2.05) is 6.92 Å². The Morgan fingerprint density at radius 3 is 2.24 bits per heavy atom. The van der Waals surface area contributed by atoms with Gasteiger partial charge < -0.3 is 29.1 Å². The molecule has 0 spiro atoms. The SMILES string of the molecule is CC[C@@H]1C[C@H](N(Cc2cc(C(F)(F)F)cc(C(F)(F)F)c2)c2ccc(N3CCOCC3)cn2)c2cc(OC)ccc2N1C(=O)OCCC(=O)O. The van der Waals surface area contributed by atoms with E-state index in [9.17, 15) is 35.9 Å². The van der Waals surface area contributed by atoms with Crippen molar-refractivity contribution in [2.45, 2.75) is 57.2 Å². The summed E-state index contributed by atoms with van der Waals surface area (Å²) < 4.78 is 99.6. The number of carboxylic acid groups (broad SMARTS) is 1. The van der Waals surface area contributed by atoms with Gasteiger partial charge in [-0.2, -0.15) is 26.3 Å². The second kappa shape index (κ2) is 15.0. The number of ether oxygens (including phenoxy) is 3. The monoisotopic (exact) mass is 710 g/mol. The Morgan fingerprint density at radius 2 is 1.68 bits per heavy atom. The van der Waals surface area contributed by atoms with Gasteiger partial charge in [-0.15, -0.1) is 0 Å². The van der Waals surface area contributed by atoms with E-state index in [0.717, 1.165) is 5.69 Å². The standard InChI is InChI=1S/C34H36F6N4O6/c1-3-24-17-29(27-18-26(48-2)5-6-28(27)44(24)32(47)50-11-8-31(45)46)43(30-7-4-25(19-41-30)42-9-12-49-13-10-42)20-21-14-22(33(35,36)37)16-23(15-21)34(38,39)40/h4-7,14-16,18-19,24,29H,3,8-13,17,20H2,1-2H3,(H,45,46)/t24-,29+/m1/s1. The smallest absolute Gasteiger partial charge is 0.416 e. The molecule has 2 atom stereocenters. The molecular formula is C34H36F6N4O6. The molecule has 3 aromatic rings. The van der Waals surface area contributed by atoms with Crippen LogP contribution in [0.1, 0.15) is 54.5 Å². The second-order valence-corrected chi connectivity index (χ2v) is 11.9. The molecule has 1 aromatic heterocycles. The van der Waals surface area contributed by atoms with Crippen molar-refractivity contribution in [3.8, 4) is 5.75 Å². The number of halogens is 6. The van der Waals surface area contributed by atoms with Crippen molar-refractivity contribution < 1.29 is 55.2 Å². The molecule has 0 radical (unpaired) electrons. The molecule has 50 heavy (non-hydrogen) atoms. The molecule has 270 valence electrons. The maximum absolute atomic E-state index is 13.9. The largest absolute Gasteiger partial charge is 0.497 e. The molecule has 0 bridgehead atoms. The normalized spacial score (nSPS) is 18.0. The van der Waals surface area contributed by atoms with E-state index in [2.05, 4.69) is 9.88 Å². The number of hydrogen-bond acceptors (Lipinski definition) is 8. The van der Waals surface area contributed by atoms with Crippen molar-refractivity contribution in [1.29, 1.82) is 0 Å². The van der Waals surface area contributed by atoms with E-state index in [1.54, 1.807) is 41.4 Å². The van der Waals surface area contributed by atoms with Crippen LogP contribution < -0.4 is 19.4 Å². The lowest BCUT2D eigenvalue weighted by Crippen LogP contribution is -2.48. The fraction of sp³-hybridized carbons (Fsp3) is 0.441. The first-order valence-electron chi connectivity index (χ1n) is 15.9. The highest BCUT2D eigenvalue weighted by Gasteiger charge is 2.41. The highest BCUT2D eigenvalue weighted by molar-refractivity contribution is 5.91. The van der Waals surface area contributed by atoms with Gasteiger partial charge in [0.25, 0.3) is 0 Å². The second-order valence-electron chi connectivity index (χ2n) is 11.9. The van der Waals surface area contributed by atoms with Gasteiger partial charge in [0, 0.05) is 31.2 Å². The fourth-order valence-electron chi connectivity index (χ4n) is 6.23. The molecule has 5 rings (SSSR count). The van der Waals surface area contributed by atoms with Crippen molar-refractivity contribution in [2.75, 3.05) is 54.7 Å². The molecule has 0 saturated carbocycles. The third-order valence-electron chi connectivity index (χ3n) is 8.70. The van der Waals surface area contributed by atoms with E-state index in [0.29, 0.717) is 61.9 Å². The van der Waals surface area contributed by atoms with E-state index in [4.69, 9.17) is 19.3 Å². The average Bonchev–Trinajstić information content (AvgIpc) is 3.09. The lowest BCUT2D eigenvalue weighted by atomic mass is 9.88. The van der Waals surface area contributed by atoms with Crippen LogP contribution in [0.5, 0.6) is 5.75 Å². The van der Waals surface area contributed by atoms with Crippen molar-refractivity contribution in [2.24, 2.45) is 0 Å². The number of methoxy groups -OCH3 is 1. The van der Waals surface area contributed by atoms with Crippen LogP contribution in [0.2, 0.25) is 0 Å². The van der Waals surface area contributed by atoms with Crippen LogP contribution in [-0.4, -0.2) is 68.2 Å². The lowest BCUT2D eigenvalue weighted by Gasteiger charge is -2.44. The van der Waals surface area contributed by atoms with Crippen molar-refractivity contribution in [3.63, 3.8) is 0 Å². The van der Waals surface area contributed by atoms with Gasteiger partial charge in [-0.3, -0.25) is 9.69 Å². The first kappa shape index (κ1) is 36.5. The van der Waals surface area contributed by atoms with Gasteiger partial charge in [-0.05, 0) is 66.9 Å². The van der Waals surface area contributed by atoms with Crippen LogP contribution in [0.25, 0.3) is 0 Å². The van der Waals surface area contributed by atoms with Gasteiger partial charge in [0.05, 0.1) is 61.5 Å². The Bertz CT molecular complexity index is 1630. The number of nitrogens with zero attached hydrogens (tertiary/aromatic N) is 4. The molecule has 1 fully saturated rings. The highest BCUT2D eigenvalue weighted by Crippen LogP contribution is 2.46. The summed E-state index contributed by atoms with van der Waals surface area (Å²) in [4.78, 5) is 34.2. The average molecular weight is 711 g/mol. The Hall–Kier alpha value is -4.73. The Morgan fingerprint density at radius 1 is 1.00 bits per heavy atom. The van der Waals surface area contributed by atoms with E-state index < -0.39 is 60.6 Å². The molecule has 10 nitrogen and oxygen atoms in total. The number of benzene rings is 2. The van der Waals surface area contributed by atoms with Crippen molar-refractivity contribution >= 4 is 29.3 Å². The predicted molar refractivity (Wildman–Crippen MR) is 170 cm³/mol. The number of morpholine rings is 1. The lowest BCUT2D eigenvalue weighted by molar-refractivity contribution is -0.143. The Balaban J connectivity index is 1.63. The summed E-state index contributed by atoms with van der Waals surface area (Å²) >= 11 is 0. The first-order valence-corrected chi connectivity index (χ1v) is 15.9. The number of pyridine rings is 1. The molecule has 16 heteroatoms. The first-order chi connectivity index (χ1) is 23.7.